The van der Waals surface area contributed by atoms with Gasteiger partial charge in [0.25, 0.3) is 0 Å². The third-order valence-corrected chi connectivity index (χ3v) is 3.83. The Balaban J connectivity index is 1.73. The first-order valence-electron chi connectivity index (χ1n) is 7.11. The molecule has 1 aromatic rings. The molecule has 0 spiro atoms. The molecule has 5 heteroatoms. The van der Waals surface area contributed by atoms with E-state index < -0.39 is 0 Å². The van der Waals surface area contributed by atoms with Crippen LogP contribution in [0.15, 0.2) is 29.4 Å². The Labute approximate surface area is 118 Å². The molecule has 2 aliphatic heterocycles. The lowest BCUT2D eigenvalue weighted by atomic mass is 10.0. The molecule has 1 saturated heterocycles. The number of amides is 1. The number of hydrogen-bond acceptors (Lipinski definition) is 4. The summed E-state index contributed by atoms with van der Waals surface area (Å²) in [6.45, 7) is 1.30. The highest BCUT2D eigenvalue weighted by atomic mass is 16.6. The second kappa shape index (κ2) is 5.63. The van der Waals surface area contributed by atoms with E-state index in [0.29, 0.717) is 13.0 Å². The molecular weight excluding hydrogens is 254 g/mol. The fraction of sp³-hybridized carbons (Fsp3) is 0.467. The maximum absolute atomic E-state index is 11.9. The second-order valence-corrected chi connectivity index (χ2v) is 5.25. The fourth-order valence-corrected chi connectivity index (χ4v) is 2.64. The molecule has 106 valence electrons. The standard InChI is InChI=1S/C15H19N3O2/c16-10-13-9-14(17-20-13)11-4-6-12(7-5-11)18-8-2-1-3-15(18)19/h4-7,13H,1-3,8-10,16H2. The molecule has 5 nitrogen and oxygen atoms in total. The van der Waals surface area contributed by atoms with Crippen LogP contribution in [-0.2, 0) is 9.63 Å². The summed E-state index contributed by atoms with van der Waals surface area (Å²) in [6, 6.07) is 7.96. The average molecular weight is 273 g/mol. The second-order valence-electron chi connectivity index (χ2n) is 5.25. The summed E-state index contributed by atoms with van der Waals surface area (Å²) in [5, 5.41) is 4.07. The first-order valence-corrected chi connectivity index (χ1v) is 7.11. The van der Waals surface area contributed by atoms with Crippen LogP contribution >= 0.6 is 0 Å². The van der Waals surface area contributed by atoms with Gasteiger partial charge in [0.1, 0.15) is 6.10 Å². The van der Waals surface area contributed by atoms with E-state index in [1.165, 1.54) is 0 Å². The monoisotopic (exact) mass is 273 g/mol. The van der Waals surface area contributed by atoms with E-state index >= 15 is 0 Å². The zero-order chi connectivity index (χ0) is 13.9. The minimum Gasteiger partial charge on any atom is -0.390 e. The maximum Gasteiger partial charge on any atom is 0.226 e. The molecule has 1 fully saturated rings. The molecule has 0 aliphatic carbocycles. The SMILES string of the molecule is NCC1CC(c2ccc(N3CCCCC3=O)cc2)=NO1. The van der Waals surface area contributed by atoms with Gasteiger partial charge < -0.3 is 15.5 Å². The van der Waals surface area contributed by atoms with Crippen LogP contribution in [0.25, 0.3) is 0 Å². The molecule has 0 saturated carbocycles. The number of rotatable bonds is 3. The van der Waals surface area contributed by atoms with Crippen molar-refractivity contribution in [2.75, 3.05) is 18.0 Å². The van der Waals surface area contributed by atoms with Crippen molar-refractivity contribution in [2.45, 2.75) is 31.8 Å². The Kier molecular flexibility index (Phi) is 3.69. The predicted molar refractivity (Wildman–Crippen MR) is 77.7 cm³/mol. The van der Waals surface area contributed by atoms with Gasteiger partial charge in [-0.1, -0.05) is 17.3 Å². The van der Waals surface area contributed by atoms with Crippen LogP contribution in [0, 0.1) is 0 Å². The zero-order valence-electron chi connectivity index (χ0n) is 11.4. The molecule has 0 radical (unpaired) electrons. The van der Waals surface area contributed by atoms with Crippen molar-refractivity contribution in [1.29, 1.82) is 0 Å². The normalized spacial score (nSPS) is 22.6. The molecule has 1 atom stereocenters. The Morgan fingerprint density at radius 2 is 2.10 bits per heavy atom. The van der Waals surface area contributed by atoms with E-state index in [-0.39, 0.29) is 12.0 Å². The van der Waals surface area contributed by atoms with Crippen LogP contribution < -0.4 is 10.6 Å². The van der Waals surface area contributed by atoms with E-state index in [4.69, 9.17) is 10.6 Å². The van der Waals surface area contributed by atoms with Gasteiger partial charge in [-0.15, -0.1) is 0 Å². The van der Waals surface area contributed by atoms with E-state index in [1.54, 1.807) is 0 Å². The van der Waals surface area contributed by atoms with Crippen LogP contribution in [0.5, 0.6) is 0 Å². The average Bonchev–Trinajstić information content (AvgIpc) is 2.97. The van der Waals surface area contributed by atoms with E-state index in [1.807, 2.05) is 29.2 Å². The Morgan fingerprint density at radius 1 is 1.30 bits per heavy atom. The Morgan fingerprint density at radius 3 is 2.75 bits per heavy atom. The van der Waals surface area contributed by atoms with Crippen molar-refractivity contribution in [3.05, 3.63) is 29.8 Å². The van der Waals surface area contributed by atoms with Gasteiger partial charge >= 0.3 is 0 Å². The summed E-state index contributed by atoms with van der Waals surface area (Å²) in [4.78, 5) is 19.0. The fourth-order valence-electron chi connectivity index (χ4n) is 2.64. The van der Waals surface area contributed by atoms with Crippen molar-refractivity contribution >= 4 is 17.3 Å². The molecule has 2 aliphatic rings. The molecule has 0 bridgehead atoms. The van der Waals surface area contributed by atoms with Crippen LogP contribution in [0.4, 0.5) is 5.69 Å². The summed E-state index contributed by atoms with van der Waals surface area (Å²) in [7, 11) is 0. The zero-order valence-corrected chi connectivity index (χ0v) is 11.4. The van der Waals surface area contributed by atoms with Crippen LogP contribution in [-0.4, -0.2) is 30.8 Å². The van der Waals surface area contributed by atoms with Crippen molar-refractivity contribution < 1.29 is 9.63 Å². The summed E-state index contributed by atoms with van der Waals surface area (Å²) in [5.74, 6) is 0.216. The Hall–Kier alpha value is -1.88. The molecule has 1 amide bonds. The van der Waals surface area contributed by atoms with Crippen LogP contribution in [0.1, 0.15) is 31.2 Å². The molecular formula is C15H19N3O2. The number of nitrogens with two attached hydrogens (primary N) is 1. The number of nitrogens with zero attached hydrogens (tertiary/aromatic N) is 2. The summed E-state index contributed by atoms with van der Waals surface area (Å²) in [5.41, 5.74) is 8.50. The smallest absolute Gasteiger partial charge is 0.226 e. The van der Waals surface area contributed by atoms with Gasteiger partial charge in [-0.2, -0.15) is 0 Å². The van der Waals surface area contributed by atoms with Gasteiger partial charge in [-0.25, -0.2) is 0 Å². The van der Waals surface area contributed by atoms with Crippen LogP contribution in [0.3, 0.4) is 0 Å². The number of piperidine rings is 1. The number of hydrogen-bond donors (Lipinski definition) is 1. The molecule has 3 rings (SSSR count). The number of anilines is 1. The van der Waals surface area contributed by atoms with Gasteiger partial charge in [-0.3, -0.25) is 4.79 Å². The third-order valence-electron chi connectivity index (χ3n) is 3.83. The molecule has 0 aromatic heterocycles. The lowest BCUT2D eigenvalue weighted by Gasteiger charge is -2.26. The van der Waals surface area contributed by atoms with Crippen molar-refractivity contribution in [3.63, 3.8) is 0 Å². The topological polar surface area (TPSA) is 67.9 Å². The molecule has 20 heavy (non-hydrogen) atoms. The van der Waals surface area contributed by atoms with Crippen molar-refractivity contribution in [1.82, 2.24) is 0 Å². The van der Waals surface area contributed by atoms with Gasteiger partial charge in [0.2, 0.25) is 5.91 Å². The first kappa shape index (κ1) is 13.1. The van der Waals surface area contributed by atoms with Gasteiger partial charge in [0.05, 0.1) is 5.71 Å². The number of benzene rings is 1. The lowest BCUT2D eigenvalue weighted by molar-refractivity contribution is -0.119. The number of carbonyl (C=O) groups is 1. The molecule has 2 heterocycles. The largest absolute Gasteiger partial charge is 0.390 e. The number of oxime groups is 1. The van der Waals surface area contributed by atoms with Gasteiger partial charge in [-0.05, 0) is 30.5 Å². The maximum atomic E-state index is 11.9. The predicted octanol–water partition coefficient (Wildman–Crippen LogP) is 1.66. The van der Waals surface area contributed by atoms with Gasteiger partial charge in [0.15, 0.2) is 0 Å². The van der Waals surface area contributed by atoms with E-state index in [9.17, 15) is 4.79 Å². The highest BCUT2D eigenvalue weighted by Crippen LogP contribution is 2.23. The number of carbonyl (C=O) groups excluding carboxylic acids is 1. The summed E-state index contributed by atoms with van der Waals surface area (Å²) in [6.07, 6.45) is 3.47. The first-order chi connectivity index (χ1) is 9.78. The highest BCUT2D eigenvalue weighted by molar-refractivity contribution is 6.02. The highest BCUT2D eigenvalue weighted by Gasteiger charge is 2.22. The van der Waals surface area contributed by atoms with Crippen LogP contribution in [0.2, 0.25) is 0 Å². The summed E-state index contributed by atoms with van der Waals surface area (Å²) >= 11 is 0. The van der Waals surface area contributed by atoms with E-state index in [0.717, 1.165) is 42.8 Å². The third kappa shape index (κ3) is 2.54. The summed E-state index contributed by atoms with van der Waals surface area (Å²) < 4.78 is 0. The van der Waals surface area contributed by atoms with Crippen molar-refractivity contribution in [3.8, 4) is 0 Å². The minimum absolute atomic E-state index is 0.00616. The lowest BCUT2D eigenvalue weighted by Crippen LogP contribution is -2.35. The quantitative estimate of drug-likeness (QED) is 0.910. The molecule has 2 N–H and O–H groups in total. The van der Waals surface area contributed by atoms with Gasteiger partial charge in [0, 0.05) is 31.6 Å². The van der Waals surface area contributed by atoms with Crippen molar-refractivity contribution in [2.24, 2.45) is 10.9 Å². The Bertz CT molecular complexity index is 524. The molecule has 1 aromatic carbocycles. The van der Waals surface area contributed by atoms with E-state index in [2.05, 4.69) is 5.16 Å². The molecule has 1 unspecified atom stereocenters. The minimum atomic E-state index is -0.00616.